The van der Waals surface area contributed by atoms with Crippen LogP contribution in [0.1, 0.15) is 28.5 Å². The Morgan fingerprint density at radius 3 is 2.90 bits per heavy atom. The number of halogens is 2. The van der Waals surface area contributed by atoms with Crippen molar-refractivity contribution in [2.45, 2.75) is 19.9 Å². The molecule has 0 aliphatic heterocycles. The highest BCUT2D eigenvalue weighted by atomic mass is 79.9. The van der Waals surface area contributed by atoms with E-state index in [2.05, 4.69) is 33.2 Å². The van der Waals surface area contributed by atoms with Gasteiger partial charge in [-0.25, -0.2) is 0 Å². The Morgan fingerprint density at radius 2 is 2.20 bits per heavy atom. The second kappa shape index (κ2) is 6.86. The van der Waals surface area contributed by atoms with Gasteiger partial charge in [-0.2, -0.15) is 0 Å². The van der Waals surface area contributed by atoms with Gasteiger partial charge in [0, 0.05) is 16.2 Å². The third kappa shape index (κ3) is 3.58. The first-order valence-corrected chi connectivity index (χ1v) is 7.45. The van der Waals surface area contributed by atoms with Gasteiger partial charge in [0.15, 0.2) is 0 Å². The first kappa shape index (κ1) is 15.0. The fourth-order valence-electron chi connectivity index (χ4n) is 1.86. The molecular weight excluding hydrogens is 340 g/mol. The van der Waals surface area contributed by atoms with E-state index in [-0.39, 0.29) is 5.91 Å². The largest absolute Gasteiger partial charge is 0.346 e. The fourth-order valence-corrected chi connectivity index (χ4v) is 2.28. The summed E-state index contributed by atoms with van der Waals surface area (Å²) in [5.41, 5.74) is 2.57. The Labute approximate surface area is 131 Å². The highest BCUT2D eigenvalue weighted by Gasteiger charge is 2.09. The van der Waals surface area contributed by atoms with Crippen molar-refractivity contribution >= 4 is 33.4 Å². The summed E-state index contributed by atoms with van der Waals surface area (Å²) < 4.78 is 0.772. The van der Waals surface area contributed by atoms with Gasteiger partial charge in [-0.05, 0) is 52.2 Å². The molecule has 0 unspecified atom stereocenters. The van der Waals surface area contributed by atoms with Crippen molar-refractivity contribution in [1.82, 2.24) is 10.3 Å². The molecule has 0 radical (unpaired) electrons. The van der Waals surface area contributed by atoms with Gasteiger partial charge >= 0.3 is 0 Å². The van der Waals surface area contributed by atoms with Crippen LogP contribution >= 0.6 is 27.5 Å². The van der Waals surface area contributed by atoms with Gasteiger partial charge in [0.05, 0.1) is 17.3 Å². The lowest BCUT2D eigenvalue weighted by Gasteiger charge is -2.08. The minimum atomic E-state index is -0.160. The Kier molecular flexibility index (Phi) is 5.15. The van der Waals surface area contributed by atoms with E-state index in [1.807, 2.05) is 12.1 Å². The van der Waals surface area contributed by atoms with E-state index in [1.165, 1.54) is 0 Å². The van der Waals surface area contributed by atoms with Gasteiger partial charge in [-0.15, -0.1) is 0 Å². The molecular formula is C15H14BrClN2O. The van der Waals surface area contributed by atoms with Crippen LogP contribution in [0.25, 0.3) is 0 Å². The number of amides is 1. The Morgan fingerprint density at radius 1 is 1.40 bits per heavy atom. The molecule has 0 spiro atoms. The van der Waals surface area contributed by atoms with Crippen LogP contribution in [0, 0.1) is 0 Å². The van der Waals surface area contributed by atoms with Crippen molar-refractivity contribution < 1.29 is 4.79 Å². The molecule has 2 rings (SSSR count). The van der Waals surface area contributed by atoms with Gasteiger partial charge in [0.25, 0.3) is 5.91 Å². The molecule has 1 heterocycles. The molecule has 0 aliphatic rings. The quantitative estimate of drug-likeness (QED) is 0.903. The molecule has 0 saturated carbocycles. The first-order valence-electron chi connectivity index (χ1n) is 6.28. The predicted molar refractivity (Wildman–Crippen MR) is 83.9 cm³/mol. The zero-order valence-corrected chi connectivity index (χ0v) is 13.3. The number of aromatic nitrogens is 1. The average Bonchev–Trinajstić information content (AvgIpc) is 2.47. The van der Waals surface area contributed by atoms with Crippen LogP contribution in [0.15, 0.2) is 41.0 Å². The lowest BCUT2D eigenvalue weighted by Crippen LogP contribution is -2.24. The van der Waals surface area contributed by atoms with E-state index in [1.54, 1.807) is 24.4 Å². The summed E-state index contributed by atoms with van der Waals surface area (Å²) in [4.78, 5) is 16.4. The van der Waals surface area contributed by atoms with Gasteiger partial charge in [-0.3, -0.25) is 9.78 Å². The number of carbonyl (C=O) groups is 1. The van der Waals surface area contributed by atoms with Crippen molar-refractivity contribution in [3.8, 4) is 0 Å². The van der Waals surface area contributed by atoms with Crippen LogP contribution in [-0.2, 0) is 13.0 Å². The molecule has 5 heteroatoms. The highest BCUT2D eigenvalue weighted by Crippen LogP contribution is 2.23. The molecule has 1 N–H and O–H groups in total. The normalized spacial score (nSPS) is 10.3. The molecule has 0 atom stereocenters. The van der Waals surface area contributed by atoms with Crippen molar-refractivity contribution in [2.75, 3.05) is 0 Å². The summed E-state index contributed by atoms with van der Waals surface area (Å²) in [6.45, 7) is 2.48. The molecule has 0 fully saturated rings. The second-order valence-corrected chi connectivity index (χ2v) is 5.54. The predicted octanol–water partition coefficient (Wildman–Crippen LogP) is 3.99. The van der Waals surface area contributed by atoms with Crippen molar-refractivity contribution in [1.29, 1.82) is 0 Å². The summed E-state index contributed by atoms with van der Waals surface area (Å²) in [6.07, 6.45) is 2.63. The number of hydrogen-bond acceptors (Lipinski definition) is 2. The van der Waals surface area contributed by atoms with E-state index >= 15 is 0 Å². The molecule has 20 heavy (non-hydrogen) atoms. The summed E-state index contributed by atoms with van der Waals surface area (Å²) >= 11 is 9.28. The Bertz CT molecular complexity index is 631. The number of carbonyl (C=O) groups excluding carboxylic acids is 1. The third-order valence-electron chi connectivity index (χ3n) is 2.96. The van der Waals surface area contributed by atoms with Crippen molar-refractivity contribution in [3.63, 3.8) is 0 Å². The van der Waals surface area contributed by atoms with Crippen LogP contribution in [0.3, 0.4) is 0 Å². The van der Waals surface area contributed by atoms with E-state index in [4.69, 9.17) is 11.6 Å². The smallest absolute Gasteiger partial charge is 0.251 e. The fraction of sp³-hybridized carbons (Fsp3) is 0.200. The van der Waals surface area contributed by atoms with Crippen LogP contribution in [0.2, 0.25) is 5.02 Å². The van der Waals surface area contributed by atoms with Crippen LogP contribution in [0.5, 0.6) is 0 Å². The second-order valence-electron chi connectivity index (χ2n) is 4.27. The number of pyridine rings is 1. The van der Waals surface area contributed by atoms with E-state index in [9.17, 15) is 4.79 Å². The standard InChI is InChI=1S/C15H14BrClN2O/c1-2-10-4-3-7-18-14(10)9-19-15(20)11-5-6-12(16)13(17)8-11/h3-8H,2,9H2,1H3,(H,19,20). The monoisotopic (exact) mass is 352 g/mol. The SMILES string of the molecule is CCc1cccnc1CNC(=O)c1ccc(Br)c(Cl)c1. The molecule has 0 saturated heterocycles. The first-order chi connectivity index (χ1) is 9.61. The molecule has 1 aromatic carbocycles. The van der Waals surface area contributed by atoms with Gasteiger partial charge < -0.3 is 5.32 Å². The summed E-state index contributed by atoms with van der Waals surface area (Å²) in [5, 5.41) is 3.38. The zero-order chi connectivity index (χ0) is 14.5. The summed E-state index contributed by atoms with van der Waals surface area (Å²) in [5.74, 6) is -0.160. The van der Waals surface area contributed by atoms with Crippen molar-refractivity contribution in [3.05, 3.63) is 62.8 Å². The number of nitrogens with one attached hydrogen (secondary N) is 1. The Balaban J connectivity index is 2.06. The zero-order valence-electron chi connectivity index (χ0n) is 11.0. The molecule has 1 aromatic heterocycles. The minimum Gasteiger partial charge on any atom is -0.346 e. The summed E-state index contributed by atoms with van der Waals surface area (Å²) in [6, 6.07) is 9.05. The third-order valence-corrected chi connectivity index (χ3v) is 4.20. The molecule has 3 nitrogen and oxygen atoms in total. The topological polar surface area (TPSA) is 42.0 Å². The molecule has 0 bridgehead atoms. The van der Waals surface area contributed by atoms with Gasteiger partial charge in [0.2, 0.25) is 0 Å². The number of rotatable bonds is 4. The van der Waals surface area contributed by atoms with Gasteiger partial charge in [-0.1, -0.05) is 24.6 Å². The number of benzene rings is 1. The molecule has 1 amide bonds. The lowest BCUT2D eigenvalue weighted by molar-refractivity contribution is 0.0950. The molecule has 2 aromatic rings. The minimum absolute atomic E-state index is 0.160. The maximum Gasteiger partial charge on any atom is 0.251 e. The lowest BCUT2D eigenvalue weighted by atomic mass is 10.1. The van der Waals surface area contributed by atoms with Crippen LogP contribution < -0.4 is 5.32 Å². The highest BCUT2D eigenvalue weighted by molar-refractivity contribution is 9.10. The van der Waals surface area contributed by atoms with E-state index in [0.717, 1.165) is 22.2 Å². The van der Waals surface area contributed by atoms with E-state index < -0.39 is 0 Å². The number of hydrogen-bond donors (Lipinski definition) is 1. The summed E-state index contributed by atoms with van der Waals surface area (Å²) in [7, 11) is 0. The number of nitrogens with zero attached hydrogens (tertiary/aromatic N) is 1. The maximum absolute atomic E-state index is 12.1. The van der Waals surface area contributed by atoms with Crippen LogP contribution in [-0.4, -0.2) is 10.9 Å². The van der Waals surface area contributed by atoms with E-state index in [0.29, 0.717) is 17.1 Å². The number of aryl methyl sites for hydroxylation is 1. The molecule has 0 aliphatic carbocycles. The van der Waals surface area contributed by atoms with Crippen LogP contribution in [0.4, 0.5) is 0 Å². The van der Waals surface area contributed by atoms with Crippen molar-refractivity contribution in [2.24, 2.45) is 0 Å². The van der Waals surface area contributed by atoms with Gasteiger partial charge in [0.1, 0.15) is 0 Å². The molecule has 104 valence electrons. The average molecular weight is 354 g/mol. The Hall–Kier alpha value is -1.39. The maximum atomic E-state index is 12.1.